The second-order valence-corrected chi connectivity index (χ2v) is 16.4. The van der Waals surface area contributed by atoms with Crippen molar-refractivity contribution in [2.75, 3.05) is 19.6 Å². The SMILES string of the molecule is Cc1nc2ccccc2n1C1C[C@H]2CC[C@@H](C1)N2CCC1(c2cccc(F)c2)CCN(C(=O)C2(NC(=O)OC(C)(C)C)CCCCC2)CC1. The number of hydrogen-bond acceptors (Lipinski definition) is 5. The van der Waals surface area contributed by atoms with E-state index in [1.54, 1.807) is 6.07 Å². The third kappa shape index (κ3) is 6.84. The van der Waals surface area contributed by atoms with Gasteiger partial charge in [0.2, 0.25) is 5.91 Å². The van der Waals surface area contributed by atoms with Crippen LogP contribution in [0.15, 0.2) is 48.5 Å². The van der Waals surface area contributed by atoms with E-state index in [1.807, 2.05) is 31.7 Å². The topological polar surface area (TPSA) is 79.7 Å². The molecule has 2 amide bonds. The molecule has 3 saturated heterocycles. The molecule has 1 unspecified atom stereocenters. The number of halogens is 1. The number of imidazole rings is 1. The summed E-state index contributed by atoms with van der Waals surface area (Å²) in [6.45, 7) is 9.82. The molecule has 3 atom stereocenters. The lowest BCUT2D eigenvalue weighted by molar-refractivity contribution is -0.141. The number of aryl methyl sites for hydroxylation is 1. The summed E-state index contributed by atoms with van der Waals surface area (Å²) in [5.41, 5.74) is 1.57. The quantitative estimate of drug-likeness (QED) is 0.277. The number of likely N-dealkylation sites (tertiary alicyclic amines) is 1. The van der Waals surface area contributed by atoms with Crippen molar-refractivity contribution in [3.8, 4) is 0 Å². The van der Waals surface area contributed by atoms with Crippen LogP contribution in [0.4, 0.5) is 9.18 Å². The molecule has 2 bridgehead atoms. The zero-order valence-corrected chi connectivity index (χ0v) is 29.8. The Morgan fingerprint density at radius 2 is 1.63 bits per heavy atom. The standard InChI is InChI=1S/C40H54FN5O3/c1-28-42-34-13-6-7-14-35(34)46(28)33-26-31-15-16-32(27-33)45(31)24-21-39(29-11-10-12-30(41)25-29)19-22-44(23-20-39)36(47)40(17-8-5-9-18-40)43-37(48)49-38(2,3)4/h6-7,10-14,25,31-33H,5,8-9,15-24,26-27H2,1-4H3,(H,43,48)/t31-,32+,33?. The average molecular weight is 672 g/mol. The number of nitrogens with one attached hydrogen (secondary N) is 1. The molecule has 2 aromatic carbocycles. The van der Waals surface area contributed by atoms with Crippen LogP contribution < -0.4 is 5.32 Å². The summed E-state index contributed by atoms with van der Waals surface area (Å²) in [7, 11) is 0. The van der Waals surface area contributed by atoms with E-state index in [1.165, 1.54) is 24.4 Å². The molecule has 4 fully saturated rings. The number of amides is 2. The minimum Gasteiger partial charge on any atom is -0.444 e. The lowest BCUT2D eigenvalue weighted by Gasteiger charge is -2.47. The van der Waals surface area contributed by atoms with Gasteiger partial charge in [0.15, 0.2) is 0 Å². The van der Waals surface area contributed by atoms with Gasteiger partial charge in [0.05, 0.1) is 11.0 Å². The summed E-state index contributed by atoms with van der Waals surface area (Å²) in [4.78, 5) is 36.8. The van der Waals surface area contributed by atoms with Crippen molar-refractivity contribution < 1.29 is 18.7 Å². The summed E-state index contributed by atoms with van der Waals surface area (Å²) in [5.74, 6) is 0.900. The first-order valence-electron chi connectivity index (χ1n) is 18.7. The minimum absolute atomic E-state index is 0.00772. The van der Waals surface area contributed by atoms with Crippen LogP contribution in [-0.2, 0) is 14.9 Å². The van der Waals surface area contributed by atoms with Crippen LogP contribution in [0.3, 0.4) is 0 Å². The van der Waals surface area contributed by atoms with Crippen molar-refractivity contribution >= 4 is 23.0 Å². The molecule has 1 saturated carbocycles. The first-order chi connectivity index (χ1) is 23.5. The number of nitrogens with zero attached hydrogens (tertiary/aromatic N) is 4. The fourth-order valence-corrected chi connectivity index (χ4v) is 9.78. The van der Waals surface area contributed by atoms with Gasteiger partial charge >= 0.3 is 6.09 Å². The highest BCUT2D eigenvalue weighted by Gasteiger charge is 2.48. The fourth-order valence-electron chi connectivity index (χ4n) is 9.78. The maximum atomic E-state index is 14.7. The second-order valence-electron chi connectivity index (χ2n) is 16.4. The predicted octanol–water partition coefficient (Wildman–Crippen LogP) is 7.83. The van der Waals surface area contributed by atoms with Crippen molar-refractivity contribution in [1.82, 2.24) is 24.7 Å². The molecule has 9 heteroatoms. The normalized spacial score (nSPS) is 25.3. The first-order valence-corrected chi connectivity index (χ1v) is 18.7. The molecule has 1 aromatic heterocycles. The van der Waals surface area contributed by atoms with Crippen molar-refractivity contribution in [2.45, 2.75) is 139 Å². The summed E-state index contributed by atoms with van der Waals surface area (Å²) in [6.07, 6.45) is 10.8. The van der Waals surface area contributed by atoms with E-state index < -0.39 is 17.2 Å². The van der Waals surface area contributed by atoms with E-state index in [-0.39, 0.29) is 17.1 Å². The number of piperidine rings is 2. The highest BCUT2D eigenvalue weighted by Crippen LogP contribution is 2.45. The lowest BCUT2D eigenvalue weighted by atomic mass is 9.69. The van der Waals surface area contributed by atoms with Gasteiger partial charge in [-0.2, -0.15) is 0 Å². The number of aromatic nitrogens is 2. The number of carbonyl (C=O) groups is 2. The van der Waals surface area contributed by atoms with Crippen molar-refractivity contribution in [2.24, 2.45) is 0 Å². The summed E-state index contributed by atoms with van der Waals surface area (Å²) in [5, 5.41) is 3.04. The Balaban J connectivity index is 1.06. The van der Waals surface area contributed by atoms with Gasteiger partial charge in [0, 0.05) is 31.2 Å². The number of ether oxygens (including phenoxy) is 1. The lowest BCUT2D eigenvalue weighted by Crippen LogP contribution is -2.62. The number of rotatable bonds is 7. The average Bonchev–Trinajstić information content (AvgIpc) is 3.53. The Labute approximate surface area is 290 Å². The fraction of sp³-hybridized carbons (Fsp3) is 0.625. The molecule has 0 radical (unpaired) electrons. The molecule has 3 aromatic rings. The highest BCUT2D eigenvalue weighted by molar-refractivity contribution is 5.90. The van der Waals surface area contributed by atoms with E-state index >= 15 is 0 Å². The molecular weight excluding hydrogens is 617 g/mol. The number of alkyl carbamates (subject to hydrolysis) is 1. The highest BCUT2D eigenvalue weighted by atomic mass is 19.1. The monoisotopic (exact) mass is 671 g/mol. The van der Waals surface area contributed by atoms with Crippen molar-refractivity contribution in [1.29, 1.82) is 0 Å². The smallest absolute Gasteiger partial charge is 0.408 e. The molecule has 8 nitrogen and oxygen atoms in total. The van der Waals surface area contributed by atoms with Gasteiger partial charge < -0.3 is 19.5 Å². The molecule has 4 aliphatic rings. The van der Waals surface area contributed by atoms with Gasteiger partial charge in [-0.3, -0.25) is 9.69 Å². The molecule has 49 heavy (non-hydrogen) atoms. The van der Waals surface area contributed by atoms with E-state index in [9.17, 15) is 14.0 Å². The molecular formula is C40H54FN5O3. The Morgan fingerprint density at radius 1 is 0.939 bits per heavy atom. The molecule has 1 aliphatic carbocycles. The zero-order valence-electron chi connectivity index (χ0n) is 29.8. The molecule has 264 valence electrons. The molecule has 3 aliphatic heterocycles. The Hall–Kier alpha value is -3.46. The van der Waals surface area contributed by atoms with Crippen LogP contribution in [-0.4, -0.2) is 74.2 Å². The van der Waals surface area contributed by atoms with Crippen LogP contribution in [0.2, 0.25) is 0 Å². The largest absolute Gasteiger partial charge is 0.444 e. The molecule has 7 rings (SSSR count). The van der Waals surface area contributed by atoms with Gasteiger partial charge in [-0.15, -0.1) is 0 Å². The molecule has 0 spiro atoms. The van der Waals surface area contributed by atoms with Gasteiger partial charge in [-0.1, -0.05) is 43.5 Å². The van der Waals surface area contributed by atoms with Gasteiger partial charge in [0.1, 0.15) is 22.8 Å². The predicted molar refractivity (Wildman–Crippen MR) is 190 cm³/mol. The molecule has 1 N–H and O–H groups in total. The summed E-state index contributed by atoms with van der Waals surface area (Å²) in [6, 6.07) is 17.2. The number of para-hydroxylation sites is 2. The van der Waals surface area contributed by atoms with Crippen LogP contribution in [0.25, 0.3) is 11.0 Å². The summed E-state index contributed by atoms with van der Waals surface area (Å²) < 4.78 is 22.8. The van der Waals surface area contributed by atoms with Crippen LogP contribution >= 0.6 is 0 Å². The Morgan fingerprint density at radius 3 is 2.31 bits per heavy atom. The maximum absolute atomic E-state index is 14.7. The van der Waals surface area contributed by atoms with E-state index in [0.717, 1.165) is 74.8 Å². The Kier molecular flexibility index (Phi) is 9.26. The van der Waals surface area contributed by atoms with Crippen LogP contribution in [0.5, 0.6) is 0 Å². The third-order valence-corrected chi connectivity index (χ3v) is 12.1. The van der Waals surface area contributed by atoms with E-state index in [0.29, 0.717) is 44.1 Å². The van der Waals surface area contributed by atoms with Crippen molar-refractivity contribution in [3.05, 3.63) is 65.7 Å². The number of fused-ring (bicyclic) bond motifs is 3. The van der Waals surface area contributed by atoms with Crippen LogP contribution in [0.1, 0.15) is 115 Å². The van der Waals surface area contributed by atoms with Crippen molar-refractivity contribution in [3.63, 3.8) is 0 Å². The van der Waals surface area contributed by atoms with Gasteiger partial charge in [0.25, 0.3) is 0 Å². The molecule has 4 heterocycles. The van der Waals surface area contributed by atoms with Gasteiger partial charge in [-0.25, -0.2) is 14.2 Å². The Bertz CT molecular complexity index is 1650. The zero-order chi connectivity index (χ0) is 34.4. The summed E-state index contributed by atoms with van der Waals surface area (Å²) >= 11 is 0. The third-order valence-electron chi connectivity index (χ3n) is 12.1. The minimum atomic E-state index is -0.929. The van der Waals surface area contributed by atoms with E-state index in [2.05, 4.69) is 52.0 Å². The maximum Gasteiger partial charge on any atom is 0.408 e. The van der Waals surface area contributed by atoms with Crippen LogP contribution in [0, 0.1) is 12.7 Å². The first kappa shape index (κ1) is 34.0. The number of hydrogen-bond donors (Lipinski definition) is 1. The van der Waals surface area contributed by atoms with Gasteiger partial charge in [-0.05, 0) is 127 Å². The number of benzene rings is 2. The second kappa shape index (κ2) is 13.3. The number of carbonyl (C=O) groups excluding carboxylic acids is 2. The van der Waals surface area contributed by atoms with E-state index in [4.69, 9.17) is 9.72 Å².